The van der Waals surface area contributed by atoms with Crippen LogP contribution in [0.3, 0.4) is 0 Å². The van der Waals surface area contributed by atoms with Gasteiger partial charge in [-0.05, 0) is 114 Å². The Bertz CT molecular complexity index is 4190. The zero-order valence-electron chi connectivity index (χ0n) is 35.8. The Kier molecular flexibility index (Phi) is 8.02. The van der Waals surface area contributed by atoms with Gasteiger partial charge in [0.2, 0.25) is 0 Å². The van der Waals surface area contributed by atoms with Crippen LogP contribution in [0.5, 0.6) is 0 Å². The third kappa shape index (κ3) is 5.42. The molecule has 0 radical (unpaired) electrons. The largest absolute Gasteiger partial charge is 0.252 e. The zero-order chi connectivity index (χ0) is 43.3. The number of hydrogen-bond acceptors (Lipinski definition) is 2. The lowest BCUT2D eigenvalue weighted by molar-refractivity contribution is 1.22. The molecule has 0 atom stereocenters. The van der Waals surface area contributed by atoms with Gasteiger partial charge in [-0.1, -0.05) is 218 Å². The first kappa shape index (κ1) is 36.7. The molecule has 0 amide bonds. The van der Waals surface area contributed by atoms with E-state index in [0.717, 1.165) is 44.5 Å². The molecule has 0 aliphatic heterocycles. The van der Waals surface area contributed by atoms with E-state index in [2.05, 4.69) is 212 Å². The molecule has 0 aliphatic rings. The van der Waals surface area contributed by atoms with Gasteiger partial charge in [0.25, 0.3) is 0 Å². The number of aromatic nitrogens is 2. The molecular formula is C64H38N2. The van der Waals surface area contributed by atoms with Crippen molar-refractivity contribution in [1.82, 2.24) is 9.97 Å². The quantitative estimate of drug-likeness (QED) is 0.127. The van der Waals surface area contributed by atoms with Crippen LogP contribution in [0, 0.1) is 0 Å². The highest BCUT2D eigenvalue weighted by Crippen LogP contribution is 2.48. The molecule has 304 valence electrons. The molecule has 0 saturated heterocycles. The summed E-state index contributed by atoms with van der Waals surface area (Å²) in [4.78, 5) is 10.6. The van der Waals surface area contributed by atoms with Gasteiger partial charge in [0.05, 0.1) is 23.3 Å². The standard InChI is InChI=1S/C64H38N2/c1-3-15-43(16-4-1)63-64(44-17-5-2-6-18-44)66-56(38-65-63)61-51-24-9-7-22-46(51)57(47-23-8-10-25-52(47)61)42-33-31-39(32-34-42)55-37-45-21-13-28-49-48-26-11-19-40-35-36-41-20-12-27-50(59(41)58(40)48)53-29-14-30-54(55)62(53)60(45)49/h1-38H. The van der Waals surface area contributed by atoms with Crippen LogP contribution in [0.1, 0.15) is 0 Å². The van der Waals surface area contributed by atoms with Crippen molar-refractivity contribution in [3.8, 4) is 56.0 Å². The summed E-state index contributed by atoms with van der Waals surface area (Å²) in [6.07, 6.45) is 1.96. The predicted octanol–water partition coefficient (Wildman–Crippen LogP) is 17.5. The summed E-state index contributed by atoms with van der Waals surface area (Å²) in [5.41, 5.74) is 10.6. The van der Waals surface area contributed by atoms with Crippen molar-refractivity contribution >= 4 is 86.2 Å². The van der Waals surface area contributed by atoms with Crippen molar-refractivity contribution in [3.63, 3.8) is 0 Å². The molecule has 0 bridgehead atoms. The molecule has 2 nitrogen and oxygen atoms in total. The summed E-state index contributed by atoms with van der Waals surface area (Å²) in [6.45, 7) is 0. The summed E-state index contributed by atoms with van der Waals surface area (Å²) >= 11 is 0. The van der Waals surface area contributed by atoms with Gasteiger partial charge in [0.1, 0.15) is 0 Å². The number of fused-ring (bicyclic) bond motifs is 4. The van der Waals surface area contributed by atoms with Gasteiger partial charge in [0.15, 0.2) is 0 Å². The van der Waals surface area contributed by atoms with Crippen molar-refractivity contribution in [3.05, 3.63) is 231 Å². The maximum atomic E-state index is 5.48. The number of hydrogen-bond donors (Lipinski definition) is 0. The highest BCUT2D eigenvalue weighted by Gasteiger charge is 2.22. The Morgan fingerprint density at radius 1 is 0.258 bits per heavy atom. The van der Waals surface area contributed by atoms with Crippen molar-refractivity contribution < 1.29 is 0 Å². The van der Waals surface area contributed by atoms with Crippen molar-refractivity contribution in [2.45, 2.75) is 0 Å². The van der Waals surface area contributed by atoms with Crippen LogP contribution in [0.4, 0.5) is 0 Å². The van der Waals surface area contributed by atoms with Crippen molar-refractivity contribution in [2.75, 3.05) is 0 Å². The topological polar surface area (TPSA) is 25.8 Å². The molecule has 13 aromatic carbocycles. The van der Waals surface area contributed by atoms with Crippen LogP contribution in [0.2, 0.25) is 0 Å². The molecule has 0 aliphatic carbocycles. The zero-order valence-corrected chi connectivity index (χ0v) is 35.8. The van der Waals surface area contributed by atoms with Gasteiger partial charge < -0.3 is 0 Å². The molecule has 0 spiro atoms. The average Bonchev–Trinajstić information content (AvgIpc) is 3.39. The molecule has 1 aromatic heterocycles. The second-order valence-corrected chi connectivity index (χ2v) is 17.5. The molecule has 0 saturated carbocycles. The third-order valence-corrected chi connectivity index (χ3v) is 14.0. The Labute approximate surface area is 381 Å². The summed E-state index contributed by atoms with van der Waals surface area (Å²) < 4.78 is 0. The van der Waals surface area contributed by atoms with E-state index >= 15 is 0 Å². The Morgan fingerprint density at radius 3 is 1.26 bits per heavy atom. The highest BCUT2D eigenvalue weighted by atomic mass is 14.8. The smallest absolute Gasteiger partial charge is 0.0972 e. The van der Waals surface area contributed by atoms with Crippen LogP contribution in [0.15, 0.2) is 231 Å². The van der Waals surface area contributed by atoms with Crippen LogP contribution in [0.25, 0.3) is 142 Å². The lowest BCUT2D eigenvalue weighted by atomic mass is 9.85. The molecule has 1 heterocycles. The molecule has 0 N–H and O–H groups in total. The van der Waals surface area contributed by atoms with Gasteiger partial charge in [-0.3, -0.25) is 4.98 Å². The second kappa shape index (κ2) is 14.4. The summed E-state index contributed by atoms with van der Waals surface area (Å²) in [5, 5.41) is 20.1. The molecular weight excluding hydrogens is 797 g/mol. The fourth-order valence-corrected chi connectivity index (χ4v) is 11.2. The lowest BCUT2D eigenvalue weighted by Gasteiger charge is -2.19. The van der Waals surface area contributed by atoms with Gasteiger partial charge in [-0.15, -0.1) is 0 Å². The minimum atomic E-state index is 0.851. The maximum absolute atomic E-state index is 5.48. The molecule has 0 fully saturated rings. The number of rotatable bonds is 5. The van der Waals surface area contributed by atoms with E-state index in [9.17, 15) is 0 Å². The fourth-order valence-electron chi connectivity index (χ4n) is 11.2. The van der Waals surface area contributed by atoms with Crippen LogP contribution in [-0.2, 0) is 0 Å². The monoisotopic (exact) mass is 834 g/mol. The summed E-state index contributed by atoms with van der Waals surface area (Å²) in [7, 11) is 0. The maximum Gasteiger partial charge on any atom is 0.0972 e. The fraction of sp³-hybridized carbons (Fsp3) is 0. The molecule has 0 unspecified atom stereocenters. The Balaban J connectivity index is 0.975. The van der Waals surface area contributed by atoms with Crippen molar-refractivity contribution in [2.24, 2.45) is 0 Å². The minimum absolute atomic E-state index is 0.851. The molecule has 14 aromatic rings. The predicted molar refractivity (Wildman–Crippen MR) is 280 cm³/mol. The third-order valence-electron chi connectivity index (χ3n) is 14.0. The SMILES string of the molecule is c1ccc(-c2ncc(-c3c4ccccc4c(-c4ccc(-c5cc6cccc7c8cccc9ccc%10cccc(c%11cccc5c%11c67)c%10c98)cc4)c4ccccc34)nc2-c2ccccc2)cc1. The van der Waals surface area contributed by atoms with E-state index in [1.807, 2.05) is 18.3 Å². The molecule has 2 heteroatoms. The van der Waals surface area contributed by atoms with E-state index in [-0.39, 0.29) is 0 Å². The van der Waals surface area contributed by atoms with E-state index < -0.39 is 0 Å². The summed E-state index contributed by atoms with van der Waals surface area (Å²) in [5.74, 6) is 0. The van der Waals surface area contributed by atoms with Gasteiger partial charge in [-0.2, -0.15) is 0 Å². The van der Waals surface area contributed by atoms with Crippen LogP contribution < -0.4 is 0 Å². The molecule has 66 heavy (non-hydrogen) atoms. The van der Waals surface area contributed by atoms with Crippen LogP contribution >= 0.6 is 0 Å². The first-order valence-corrected chi connectivity index (χ1v) is 22.7. The van der Waals surface area contributed by atoms with Crippen molar-refractivity contribution in [1.29, 1.82) is 0 Å². The first-order valence-electron chi connectivity index (χ1n) is 22.7. The van der Waals surface area contributed by atoms with E-state index in [4.69, 9.17) is 9.97 Å². The number of nitrogens with zero attached hydrogens (tertiary/aromatic N) is 2. The Morgan fingerprint density at radius 2 is 0.682 bits per heavy atom. The second-order valence-electron chi connectivity index (χ2n) is 17.5. The normalized spacial score (nSPS) is 11.9. The first-order chi connectivity index (χ1) is 32.8. The van der Waals surface area contributed by atoms with Gasteiger partial charge >= 0.3 is 0 Å². The Hall–Kier alpha value is -8.72. The van der Waals surface area contributed by atoms with E-state index in [0.29, 0.717) is 0 Å². The molecule has 14 rings (SSSR count). The highest BCUT2D eigenvalue weighted by molar-refractivity contribution is 6.38. The average molecular weight is 835 g/mol. The lowest BCUT2D eigenvalue weighted by Crippen LogP contribution is -1.98. The summed E-state index contributed by atoms with van der Waals surface area (Å²) in [6, 6.07) is 82.0. The minimum Gasteiger partial charge on any atom is -0.252 e. The van der Waals surface area contributed by atoms with E-state index in [1.54, 1.807) is 0 Å². The van der Waals surface area contributed by atoms with E-state index in [1.165, 1.54) is 97.7 Å². The number of benzene rings is 12. The van der Waals surface area contributed by atoms with Gasteiger partial charge in [0, 0.05) is 16.7 Å². The van der Waals surface area contributed by atoms with Crippen LogP contribution in [-0.4, -0.2) is 9.97 Å². The van der Waals surface area contributed by atoms with Gasteiger partial charge in [-0.25, -0.2) is 4.98 Å².